The first kappa shape index (κ1) is 38.1. The van der Waals surface area contributed by atoms with E-state index in [0.29, 0.717) is 13.2 Å². The molecule has 0 saturated carbocycles. The second-order valence-electron chi connectivity index (χ2n) is 15.4. The van der Waals surface area contributed by atoms with E-state index in [-0.39, 0.29) is 10.1 Å². The lowest BCUT2D eigenvalue weighted by Crippen LogP contribution is -2.66. The van der Waals surface area contributed by atoms with Crippen LogP contribution in [0, 0.1) is 0 Å². The van der Waals surface area contributed by atoms with Crippen molar-refractivity contribution in [1.82, 2.24) is 0 Å². The zero-order valence-corrected chi connectivity index (χ0v) is 34.8. The lowest BCUT2D eigenvalue weighted by atomic mass is 10.2. The molecule has 0 bridgehead atoms. The van der Waals surface area contributed by atoms with Crippen LogP contribution in [0.3, 0.4) is 0 Å². The Morgan fingerprint density at radius 1 is 0.365 bits per heavy atom. The van der Waals surface area contributed by atoms with Gasteiger partial charge in [0.05, 0.1) is 13.2 Å². The van der Waals surface area contributed by atoms with Gasteiger partial charge in [0.2, 0.25) is 0 Å². The molecule has 0 fully saturated rings. The van der Waals surface area contributed by atoms with Crippen molar-refractivity contribution >= 4 is 59.0 Å². The first-order valence-corrected chi connectivity index (χ1v) is 24.0. The minimum absolute atomic E-state index is 0.0503. The Bertz CT molecular complexity index is 1750. The molecule has 6 aromatic rings. The van der Waals surface area contributed by atoms with Gasteiger partial charge in [-0.2, -0.15) is 0 Å². The molecule has 6 heteroatoms. The predicted octanol–water partition coefficient (Wildman–Crippen LogP) is 10.6. The SMILES string of the molecule is CC(C)(C)[Si](OCc1ccc(SSc2ccc(CO[Si](c3ccccc3)(c3ccccc3)C(C)(C)C)cc2)cc1)(c1ccccc1)c1ccccc1. The number of benzene rings is 6. The molecule has 0 aliphatic carbocycles. The van der Waals surface area contributed by atoms with Gasteiger partial charge in [-0.1, -0.05) is 209 Å². The molecule has 0 aliphatic rings. The van der Waals surface area contributed by atoms with Gasteiger partial charge in [0.25, 0.3) is 16.6 Å². The first-order valence-electron chi connectivity index (χ1n) is 18.1. The van der Waals surface area contributed by atoms with E-state index in [0.717, 1.165) is 0 Å². The van der Waals surface area contributed by atoms with Gasteiger partial charge in [0, 0.05) is 9.79 Å². The van der Waals surface area contributed by atoms with Gasteiger partial charge in [-0.3, -0.25) is 0 Å². The molecule has 0 heterocycles. The van der Waals surface area contributed by atoms with Crippen LogP contribution in [0.4, 0.5) is 0 Å². The molecule has 0 spiro atoms. The lowest BCUT2D eigenvalue weighted by molar-refractivity contribution is 0.286. The Kier molecular flexibility index (Phi) is 12.2. The summed E-state index contributed by atoms with van der Waals surface area (Å²) in [4.78, 5) is 2.44. The molecule has 0 N–H and O–H groups in total. The maximum atomic E-state index is 7.16. The van der Waals surface area contributed by atoms with E-state index < -0.39 is 16.6 Å². The van der Waals surface area contributed by atoms with E-state index in [1.54, 1.807) is 21.6 Å². The van der Waals surface area contributed by atoms with Crippen LogP contribution in [-0.4, -0.2) is 16.6 Å². The molecule has 266 valence electrons. The highest BCUT2D eigenvalue weighted by atomic mass is 33.1. The number of hydrogen-bond donors (Lipinski definition) is 0. The Balaban J connectivity index is 1.11. The van der Waals surface area contributed by atoms with Crippen LogP contribution in [0.1, 0.15) is 52.7 Å². The highest BCUT2D eigenvalue weighted by Crippen LogP contribution is 2.40. The summed E-state index contributed by atoms with van der Waals surface area (Å²) < 4.78 is 14.3. The summed E-state index contributed by atoms with van der Waals surface area (Å²) in [6, 6.07) is 61.1. The highest BCUT2D eigenvalue weighted by Gasteiger charge is 2.51. The number of hydrogen-bond acceptors (Lipinski definition) is 4. The van der Waals surface area contributed by atoms with Gasteiger partial charge in [-0.25, -0.2) is 0 Å². The normalized spacial score (nSPS) is 12.5. The fourth-order valence-corrected chi connectivity index (χ4v) is 18.3. The molecule has 0 saturated heterocycles. The van der Waals surface area contributed by atoms with Crippen molar-refractivity contribution in [2.24, 2.45) is 0 Å². The van der Waals surface area contributed by atoms with Crippen LogP contribution < -0.4 is 20.7 Å². The van der Waals surface area contributed by atoms with E-state index in [1.807, 2.05) is 0 Å². The molecule has 0 amide bonds. The fourth-order valence-electron chi connectivity index (χ4n) is 7.29. The van der Waals surface area contributed by atoms with E-state index in [9.17, 15) is 0 Å². The maximum Gasteiger partial charge on any atom is 0.261 e. The van der Waals surface area contributed by atoms with Crippen molar-refractivity contribution in [2.75, 3.05) is 0 Å². The van der Waals surface area contributed by atoms with Crippen molar-refractivity contribution in [3.05, 3.63) is 181 Å². The Morgan fingerprint density at radius 3 is 0.846 bits per heavy atom. The predicted molar refractivity (Wildman–Crippen MR) is 229 cm³/mol. The fraction of sp³-hybridized carbons (Fsp3) is 0.217. The second-order valence-corrected chi connectivity index (χ2v) is 26.2. The van der Waals surface area contributed by atoms with Crippen LogP contribution in [0.5, 0.6) is 0 Å². The minimum atomic E-state index is -2.59. The first-order chi connectivity index (χ1) is 25.0. The summed E-state index contributed by atoms with van der Waals surface area (Å²) >= 11 is 0. The summed E-state index contributed by atoms with van der Waals surface area (Å²) in [7, 11) is -1.60. The van der Waals surface area contributed by atoms with E-state index in [1.165, 1.54) is 41.7 Å². The maximum absolute atomic E-state index is 7.16. The summed E-state index contributed by atoms with van der Waals surface area (Å²) in [5, 5.41) is 5.11. The van der Waals surface area contributed by atoms with Gasteiger partial charge in [-0.05, 0) is 66.2 Å². The smallest absolute Gasteiger partial charge is 0.261 e. The molecule has 52 heavy (non-hydrogen) atoms. The topological polar surface area (TPSA) is 18.5 Å². The standard InChI is InChI=1S/C46H50O2S2Si2/c1-45(2,3)51(41-19-11-7-12-20-41,42-21-13-8-14-22-42)47-35-37-27-31-39(32-28-37)49-50-40-33-29-38(30-34-40)36-48-52(46(4,5)6,43-23-15-9-16-24-43)44-25-17-10-18-26-44/h7-34H,35-36H2,1-6H3. The summed E-state index contributed by atoms with van der Waals surface area (Å²) in [6.45, 7) is 15.1. The summed E-state index contributed by atoms with van der Waals surface area (Å²) in [5.41, 5.74) is 2.38. The molecule has 0 radical (unpaired) electrons. The Hall–Kier alpha value is -3.63. The summed E-state index contributed by atoms with van der Waals surface area (Å²) in [6.07, 6.45) is 0. The second kappa shape index (κ2) is 16.6. The van der Waals surface area contributed by atoms with Gasteiger partial charge in [0.1, 0.15) is 0 Å². The zero-order valence-electron chi connectivity index (χ0n) is 31.2. The van der Waals surface area contributed by atoms with Crippen LogP contribution in [0.15, 0.2) is 180 Å². The molecular formula is C46H50O2S2Si2. The highest BCUT2D eigenvalue weighted by molar-refractivity contribution is 8.76. The van der Waals surface area contributed by atoms with Crippen molar-refractivity contribution in [2.45, 2.75) is 74.6 Å². The number of rotatable bonds is 13. The van der Waals surface area contributed by atoms with Crippen molar-refractivity contribution < 1.29 is 8.85 Å². The molecule has 6 aromatic carbocycles. The van der Waals surface area contributed by atoms with E-state index in [2.05, 4.69) is 211 Å². The van der Waals surface area contributed by atoms with E-state index in [4.69, 9.17) is 8.85 Å². The lowest BCUT2D eigenvalue weighted by Gasteiger charge is -2.43. The minimum Gasteiger partial charge on any atom is -0.403 e. The van der Waals surface area contributed by atoms with Crippen molar-refractivity contribution in [1.29, 1.82) is 0 Å². The van der Waals surface area contributed by atoms with Crippen LogP contribution in [0.2, 0.25) is 10.1 Å². The molecule has 0 aliphatic heterocycles. The molecule has 6 rings (SSSR count). The van der Waals surface area contributed by atoms with Crippen LogP contribution in [0.25, 0.3) is 0 Å². The van der Waals surface area contributed by atoms with Gasteiger partial charge >= 0.3 is 0 Å². The average molecular weight is 755 g/mol. The van der Waals surface area contributed by atoms with Gasteiger partial charge in [-0.15, -0.1) is 0 Å². The van der Waals surface area contributed by atoms with Crippen LogP contribution >= 0.6 is 21.6 Å². The molecule has 2 nitrogen and oxygen atoms in total. The third-order valence-electron chi connectivity index (χ3n) is 9.83. The third kappa shape index (κ3) is 8.28. The average Bonchev–Trinajstić information content (AvgIpc) is 3.16. The van der Waals surface area contributed by atoms with Crippen molar-refractivity contribution in [3.63, 3.8) is 0 Å². The zero-order chi connectivity index (χ0) is 36.7. The quantitative estimate of drug-likeness (QED) is 0.0863. The molecule has 0 unspecified atom stereocenters. The van der Waals surface area contributed by atoms with Crippen molar-refractivity contribution in [3.8, 4) is 0 Å². The largest absolute Gasteiger partial charge is 0.403 e. The van der Waals surface area contributed by atoms with Gasteiger partial charge < -0.3 is 8.85 Å². The summed E-state index contributed by atoms with van der Waals surface area (Å²) in [5.74, 6) is 0. The Morgan fingerprint density at radius 2 is 0.615 bits per heavy atom. The van der Waals surface area contributed by atoms with E-state index >= 15 is 0 Å². The molecular weight excluding hydrogens is 705 g/mol. The molecule has 0 atom stereocenters. The third-order valence-corrected chi connectivity index (χ3v) is 22.2. The van der Waals surface area contributed by atoms with Gasteiger partial charge in [0.15, 0.2) is 0 Å². The van der Waals surface area contributed by atoms with Crippen LogP contribution in [-0.2, 0) is 22.1 Å². The monoisotopic (exact) mass is 754 g/mol. The molecule has 0 aromatic heterocycles. The Labute approximate surface area is 321 Å².